The molecule has 1 rings (SSSR count). The quantitative estimate of drug-likeness (QED) is 0.825. The van der Waals surface area contributed by atoms with Gasteiger partial charge >= 0.3 is 5.97 Å². The number of carbonyl (C=O) groups excluding carboxylic acids is 1. The van der Waals surface area contributed by atoms with Gasteiger partial charge in [-0.15, -0.1) is 0 Å². The molecule has 1 unspecified atom stereocenters. The van der Waals surface area contributed by atoms with Crippen molar-refractivity contribution in [3.05, 3.63) is 34.9 Å². The molecular formula is C12H16ClNO2. The minimum Gasteiger partial charge on any atom is -0.459 e. The van der Waals surface area contributed by atoms with Gasteiger partial charge in [0.15, 0.2) is 0 Å². The van der Waals surface area contributed by atoms with Gasteiger partial charge < -0.3 is 10.5 Å². The number of halogens is 1. The zero-order valence-electron chi connectivity index (χ0n) is 9.50. The smallest absolute Gasteiger partial charge is 0.326 e. The van der Waals surface area contributed by atoms with Gasteiger partial charge in [-0.25, -0.2) is 0 Å². The van der Waals surface area contributed by atoms with Gasteiger partial charge in [-0.2, -0.15) is 0 Å². The van der Waals surface area contributed by atoms with Crippen molar-refractivity contribution in [3.63, 3.8) is 0 Å². The van der Waals surface area contributed by atoms with E-state index in [0.29, 0.717) is 11.4 Å². The van der Waals surface area contributed by atoms with E-state index in [9.17, 15) is 4.79 Å². The molecule has 0 bridgehead atoms. The number of benzene rings is 1. The van der Waals surface area contributed by atoms with Gasteiger partial charge in [-0.05, 0) is 31.0 Å². The predicted octanol–water partition coefficient (Wildman–Crippen LogP) is 2.51. The molecule has 1 aromatic carbocycles. The van der Waals surface area contributed by atoms with Gasteiger partial charge in [-0.3, -0.25) is 4.79 Å². The lowest BCUT2D eigenvalue weighted by molar-refractivity contribution is -0.151. The molecule has 2 N–H and O–H groups in total. The number of hydrogen-bond donors (Lipinski definition) is 1. The summed E-state index contributed by atoms with van der Waals surface area (Å²) in [6.45, 7) is 3.74. The van der Waals surface area contributed by atoms with Crippen LogP contribution < -0.4 is 5.73 Å². The Labute approximate surface area is 101 Å². The monoisotopic (exact) mass is 241 g/mol. The van der Waals surface area contributed by atoms with Crippen molar-refractivity contribution in [2.24, 2.45) is 5.73 Å². The Hall–Kier alpha value is -1.06. The van der Waals surface area contributed by atoms with Crippen LogP contribution in [0.25, 0.3) is 0 Å². The second-order valence-electron chi connectivity index (χ2n) is 3.97. The minimum atomic E-state index is -0.910. The molecule has 0 aliphatic heterocycles. The van der Waals surface area contributed by atoms with E-state index in [1.54, 1.807) is 19.1 Å². The topological polar surface area (TPSA) is 52.3 Å². The summed E-state index contributed by atoms with van der Waals surface area (Å²) < 4.78 is 5.12. The summed E-state index contributed by atoms with van der Waals surface area (Å²) in [5.74, 6) is -0.384. The maximum absolute atomic E-state index is 11.6. The van der Waals surface area contributed by atoms with E-state index in [-0.39, 0.29) is 12.6 Å². The van der Waals surface area contributed by atoms with E-state index in [2.05, 4.69) is 0 Å². The summed E-state index contributed by atoms with van der Waals surface area (Å²) in [7, 11) is 0. The number of rotatable bonds is 4. The van der Waals surface area contributed by atoms with E-state index in [1.807, 2.05) is 19.1 Å². The van der Waals surface area contributed by atoms with Gasteiger partial charge in [-0.1, -0.05) is 30.7 Å². The number of carbonyl (C=O) groups is 1. The van der Waals surface area contributed by atoms with E-state index in [4.69, 9.17) is 22.1 Å². The molecule has 88 valence electrons. The Bertz CT molecular complexity index is 360. The Morgan fingerprint density at radius 3 is 2.50 bits per heavy atom. The van der Waals surface area contributed by atoms with E-state index in [0.717, 1.165) is 5.56 Å². The average Bonchev–Trinajstić information content (AvgIpc) is 2.28. The first-order chi connectivity index (χ1) is 7.45. The molecule has 16 heavy (non-hydrogen) atoms. The highest BCUT2D eigenvalue weighted by molar-refractivity contribution is 6.30. The molecular weight excluding hydrogens is 226 g/mol. The Kier molecular flexibility index (Phi) is 4.33. The first-order valence-corrected chi connectivity index (χ1v) is 5.54. The van der Waals surface area contributed by atoms with E-state index < -0.39 is 5.54 Å². The molecule has 1 aromatic rings. The summed E-state index contributed by atoms with van der Waals surface area (Å²) in [5.41, 5.74) is 5.74. The van der Waals surface area contributed by atoms with Gasteiger partial charge in [0.25, 0.3) is 0 Å². The Balaban J connectivity index is 2.52. The van der Waals surface area contributed by atoms with Crippen LogP contribution in [0.5, 0.6) is 0 Å². The molecule has 0 fully saturated rings. The van der Waals surface area contributed by atoms with Gasteiger partial charge in [0.2, 0.25) is 0 Å². The summed E-state index contributed by atoms with van der Waals surface area (Å²) in [6.07, 6.45) is 0.548. The van der Waals surface area contributed by atoms with Gasteiger partial charge in [0, 0.05) is 5.02 Å². The third kappa shape index (κ3) is 3.51. The summed E-state index contributed by atoms with van der Waals surface area (Å²) in [6, 6.07) is 7.14. The highest BCUT2D eigenvalue weighted by atomic mass is 35.5. The maximum atomic E-state index is 11.6. The first-order valence-electron chi connectivity index (χ1n) is 5.16. The van der Waals surface area contributed by atoms with Crippen molar-refractivity contribution in [1.82, 2.24) is 0 Å². The molecule has 0 spiro atoms. The lowest BCUT2D eigenvalue weighted by atomic mass is 10.0. The third-order valence-electron chi connectivity index (χ3n) is 2.48. The van der Waals surface area contributed by atoms with Crippen LogP contribution in [0, 0.1) is 0 Å². The van der Waals surface area contributed by atoms with Gasteiger partial charge in [0.1, 0.15) is 12.1 Å². The van der Waals surface area contributed by atoms with Crippen LogP contribution in [0.3, 0.4) is 0 Å². The molecule has 4 heteroatoms. The lowest BCUT2D eigenvalue weighted by Crippen LogP contribution is -2.45. The fraction of sp³-hybridized carbons (Fsp3) is 0.417. The highest BCUT2D eigenvalue weighted by Crippen LogP contribution is 2.12. The van der Waals surface area contributed by atoms with Crippen molar-refractivity contribution in [2.75, 3.05) is 0 Å². The predicted molar refractivity (Wildman–Crippen MR) is 64.1 cm³/mol. The fourth-order valence-electron chi connectivity index (χ4n) is 1.04. The van der Waals surface area contributed by atoms with Crippen LogP contribution in [-0.2, 0) is 16.1 Å². The van der Waals surface area contributed by atoms with Crippen molar-refractivity contribution in [2.45, 2.75) is 32.4 Å². The average molecular weight is 242 g/mol. The van der Waals surface area contributed by atoms with Crippen molar-refractivity contribution < 1.29 is 9.53 Å². The second kappa shape index (κ2) is 5.32. The standard InChI is InChI=1S/C12H16ClNO2/c1-3-12(2,14)11(15)16-8-9-4-6-10(13)7-5-9/h4-7H,3,8,14H2,1-2H3. The number of hydrogen-bond acceptors (Lipinski definition) is 3. The fourth-order valence-corrected chi connectivity index (χ4v) is 1.16. The molecule has 0 saturated carbocycles. The highest BCUT2D eigenvalue weighted by Gasteiger charge is 2.27. The SMILES string of the molecule is CCC(C)(N)C(=O)OCc1ccc(Cl)cc1. The van der Waals surface area contributed by atoms with Crippen LogP contribution in [-0.4, -0.2) is 11.5 Å². The second-order valence-corrected chi connectivity index (χ2v) is 4.41. The first kappa shape index (κ1) is 13.0. The zero-order chi connectivity index (χ0) is 12.2. The minimum absolute atomic E-state index is 0.225. The Morgan fingerprint density at radius 1 is 1.44 bits per heavy atom. The largest absolute Gasteiger partial charge is 0.459 e. The molecule has 0 heterocycles. The number of ether oxygens (including phenoxy) is 1. The summed E-state index contributed by atoms with van der Waals surface area (Å²) in [4.78, 5) is 11.6. The molecule has 1 atom stereocenters. The Morgan fingerprint density at radius 2 is 2.00 bits per heavy atom. The molecule has 0 amide bonds. The molecule has 0 aliphatic carbocycles. The van der Waals surface area contributed by atoms with E-state index >= 15 is 0 Å². The molecule has 0 radical (unpaired) electrons. The molecule has 0 aliphatic rings. The third-order valence-corrected chi connectivity index (χ3v) is 2.74. The van der Waals surface area contributed by atoms with Crippen LogP contribution in [0.2, 0.25) is 5.02 Å². The summed E-state index contributed by atoms with van der Waals surface area (Å²) in [5, 5.41) is 0.660. The van der Waals surface area contributed by atoms with Crippen molar-refractivity contribution in [3.8, 4) is 0 Å². The van der Waals surface area contributed by atoms with Crippen LogP contribution in [0.4, 0.5) is 0 Å². The molecule has 3 nitrogen and oxygen atoms in total. The maximum Gasteiger partial charge on any atom is 0.326 e. The van der Waals surface area contributed by atoms with Crippen LogP contribution in [0.15, 0.2) is 24.3 Å². The van der Waals surface area contributed by atoms with Crippen molar-refractivity contribution >= 4 is 17.6 Å². The number of esters is 1. The van der Waals surface area contributed by atoms with Crippen molar-refractivity contribution in [1.29, 1.82) is 0 Å². The number of nitrogens with two attached hydrogens (primary N) is 1. The van der Waals surface area contributed by atoms with Gasteiger partial charge in [0.05, 0.1) is 0 Å². The molecule has 0 aromatic heterocycles. The zero-order valence-corrected chi connectivity index (χ0v) is 10.3. The molecule has 0 saturated heterocycles. The lowest BCUT2D eigenvalue weighted by Gasteiger charge is -2.20. The van der Waals surface area contributed by atoms with Crippen LogP contribution >= 0.6 is 11.6 Å². The summed E-state index contributed by atoms with van der Waals surface area (Å²) >= 11 is 5.74. The van der Waals surface area contributed by atoms with Crippen LogP contribution in [0.1, 0.15) is 25.8 Å². The van der Waals surface area contributed by atoms with E-state index in [1.165, 1.54) is 0 Å². The normalized spacial score (nSPS) is 14.2.